The van der Waals surface area contributed by atoms with Gasteiger partial charge in [-0.05, 0) is 24.8 Å². The standard InChI is InChI=1S/C7H15NO/c1-3-6(4-2)5-7(8)9/h5-6,9H,3-4,8H2,1-2H3. The highest BCUT2D eigenvalue weighted by Gasteiger charge is 1.97. The zero-order chi connectivity index (χ0) is 7.28. The van der Waals surface area contributed by atoms with E-state index in [9.17, 15) is 0 Å². The highest BCUT2D eigenvalue weighted by Crippen LogP contribution is 2.08. The molecular formula is C7H15NO. The summed E-state index contributed by atoms with van der Waals surface area (Å²) >= 11 is 0. The third-order valence-corrected chi connectivity index (χ3v) is 1.46. The maximum absolute atomic E-state index is 8.62. The Labute approximate surface area is 56.4 Å². The number of rotatable bonds is 3. The Morgan fingerprint density at radius 3 is 2.11 bits per heavy atom. The van der Waals surface area contributed by atoms with Gasteiger partial charge in [-0.15, -0.1) is 0 Å². The summed E-state index contributed by atoms with van der Waals surface area (Å²) < 4.78 is 0. The summed E-state index contributed by atoms with van der Waals surface area (Å²) in [7, 11) is 0. The van der Waals surface area contributed by atoms with Crippen molar-refractivity contribution >= 4 is 0 Å². The molecule has 0 aromatic carbocycles. The van der Waals surface area contributed by atoms with Crippen molar-refractivity contribution in [2.45, 2.75) is 26.7 Å². The second kappa shape index (κ2) is 4.24. The van der Waals surface area contributed by atoms with Gasteiger partial charge < -0.3 is 10.8 Å². The molecule has 0 fully saturated rings. The van der Waals surface area contributed by atoms with E-state index in [0.717, 1.165) is 12.8 Å². The lowest BCUT2D eigenvalue weighted by Crippen LogP contribution is -2.00. The van der Waals surface area contributed by atoms with Crippen molar-refractivity contribution < 1.29 is 5.11 Å². The second-order valence-electron chi connectivity index (χ2n) is 2.17. The highest BCUT2D eigenvalue weighted by molar-refractivity contribution is 4.89. The van der Waals surface area contributed by atoms with E-state index in [1.54, 1.807) is 6.08 Å². The monoisotopic (exact) mass is 129 g/mol. The van der Waals surface area contributed by atoms with Crippen molar-refractivity contribution in [2.24, 2.45) is 11.7 Å². The van der Waals surface area contributed by atoms with E-state index in [1.165, 1.54) is 0 Å². The first-order chi connectivity index (χ1) is 4.20. The van der Waals surface area contributed by atoms with Crippen LogP contribution in [0.2, 0.25) is 0 Å². The smallest absolute Gasteiger partial charge is 0.177 e. The van der Waals surface area contributed by atoms with Crippen LogP contribution in [0.25, 0.3) is 0 Å². The summed E-state index contributed by atoms with van der Waals surface area (Å²) in [5.74, 6) is 0.388. The molecule has 2 heteroatoms. The van der Waals surface area contributed by atoms with E-state index < -0.39 is 0 Å². The van der Waals surface area contributed by atoms with Crippen molar-refractivity contribution in [3.63, 3.8) is 0 Å². The lowest BCUT2D eigenvalue weighted by molar-refractivity contribution is 0.394. The summed E-state index contributed by atoms with van der Waals surface area (Å²) in [6.07, 6.45) is 3.77. The zero-order valence-corrected chi connectivity index (χ0v) is 6.09. The van der Waals surface area contributed by atoms with Crippen LogP contribution >= 0.6 is 0 Å². The maximum Gasteiger partial charge on any atom is 0.177 e. The molecule has 54 valence electrons. The van der Waals surface area contributed by atoms with E-state index in [4.69, 9.17) is 10.8 Å². The van der Waals surface area contributed by atoms with Gasteiger partial charge in [0, 0.05) is 0 Å². The van der Waals surface area contributed by atoms with Gasteiger partial charge >= 0.3 is 0 Å². The molecule has 3 N–H and O–H groups in total. The van der Waals surface area contributed by atoms with E-state index in [1.807, 2.05) is 0 Å². The van der Waals surface area contributed by atoms with Gasteiger partial charge in [0.25, 0.3) is 0 Å². The van der Waals surface area contributed by atoms with Crippen LogP contribution in [0.1, 0.15) is 26.7 Å². The Bertz CT molecular complexity index is 91.1. The van der Waals surface area contributed by atoms with Crippen LogP contribution in [-0.4, -0.2) is 5.11 Å². The molecule has 0 radical (unpaired) electrons. The minimum Gasteiger partial charge on any atom is -0.495 e. The summed E-state index contributed by atoms with van der Waals surface area (Å²) in [5, 5.41) is 8.62. The fraction of sp³-hybridized carbons (Fsp3) is 0.714. The molecule has 0 spiro atoms. The third kappa shape index (κ3) is 3.88. The molecule has 0 bridgehead atoms. The fourth-order valence-corrected chi connectivity index (χ4v) is 0.766. The lowest BCUT2D eigenvalue weighted by atomic mass is 10.0. The average molecular weight is 129 g/mol. The van der Waals surface area contributed by atoms with Crippen LogP contribution in [0.4, 0.5) is 0 Å². The quantitative estimate of drug-likeness (QED) is 0.570. The average Bonchev–Trinajstić information content (AvgIpc) is 1.82. The van der Waals surface area contributed by atoms with Gasteiger partial charge in [0.15, 0.2) is 5.88 Å². The predicted molar refractivity (Wildman–Crippen MR) is 39.0 cm³/mol. The largest absolute Gasteiger partial charge is 0.495 e. The van der Waals surface area contributed by atoms with E-state index in [-0.39, 0.29) is 5.88 Å². The SMILES string of the molecule is CCC(C=C(N)O)CC. The number of allylic oxidation sites excluding steroid dienone is 1. The first-order valence-corrected chi connectivity index (χ1v) is 3.37. The fourth-order valence-electron chi connectivity index (χ4n) is 0.766. The minimum absolute atomic E-state index is 0.0521. The minimum atomic E-state index is -0.0521. The van der Waals surface area contributed by atoms with Crippen LogP contribution in [0, 0.1) is 5.92 Å². The molecule has 0 aromatic heterocycles. The lowest BCUT2D eigenvalue weighted by Gasteiger charge is -2.04. The molecular weight excluding hydrogens is 114 g/mol. The van der Waals surface area contributed by atoms with Crippen molar-refractivity contribution in [2.75, 3.05) is 0 Å². The van der Waals surface area contributed by atoms with E-state index in [2.05, 4.69) is 13.8 Å². The molecule has 0 saturated carbocycles. The molecule has 0 atom stereocenters. The Morgan fingerprint density at radius 1 is 1.56 bits per heavy atom. The Morgan fingerprint density at radius 2 is 2.00 bits per heavy atom. The van der Waals surface area contributed by atoms with Crippen LogP contribution in [0.3, 0.4) is 0 Å². The third-order valence-electron chi connectivity index (χ3n) is 1.46. The second-order valence-corrected chi connectivity index (χ2v) is 2.17. The topological polar surface area (TPSA) is 46.2 Å². The summed E-state index contributed by atoms with van der Waals surface area (Å²) in [4.78, 5) is 0. The van der Waals surface area contributed by atoms with Gasteiger partial charge in [-0.2, -0.15) is 0 Å². The van der Waals surface area contributed by atoms with Gasteiger partial charge in [-0.25, -0.2) is 0 Å². The molecule has 0 rings (SSSR count). The molecule has 0 unspecified atom stereocenters. The van der Waals surface area contributed by atoms with Gasteiger partial charge in [0.2, 0.25) is 0 Å². The summed E-state index contributed by atoms with van der Waals surface area (Å²) in [5.41, 5.74) is 5.06. The Kier molecular flexibility index (Phi) is 3.93. The molecule has 0 aliphatic rings. The first-order valence-electron chi connectivity index (χ1n) is 3.37. The summed E-state index contributed by atoms with van der Waals surface area (Å²) in [6, 6.07) is 0. The van der Waals surface area contributed by atoms with Crippen molar-refractivity contribution in [3.8, 4) is 0 Å². The Hall–Kier alpha value is -0.660. The van der Waals surface area contributed by atoms with Gasteiger partial charge in [0.1, 0.15) is 0 Å². The van der Waals surface area contributed by atoms with Gasteiger partial charge in [-0.3, -0.25) is 0 Å². The molecule has 0 amide bonds. The summed E-state index contributed by atoms with van der Waals surface area (Å²) in [6.45, 7) is 4.15. The van der Waals surface area contributed by atoms with Crippen LogP contribution < -0.4 is 5.73 Å². The van der Waals surface area contributed by atoms with Crippen LogP contribution in [0.15, 0.2) is 12.0 Å². The molecule has 0 aliphatic heterocycles. The van der Waals surface area contributed by atoms with E-state index in [0.29, 0.717) is 5.92 Å². The molecule has 2 nitrogen and oxygen atoms in total. The maximum atomic E-state index is 8.62. The number of hydrogen-bond acceptors (Lipinski definition) is 2. The van der Waals surface area contributed by atoms with Crippen molar-refractivity contribution in [1.29, 1.82) is 0 Å². The molecule has 0 aliphatic carbocycles. The molecule has 0 aromatic rings. The number of hydrogen-bond donors (Lipinski definition) is 2. The number of aliphatic hydroxyl groups is 1. The van der Waals surface area contributed by atoms with Gasteiger partial charge in [-0.1, -0.05) is 13.8 Å². The molecule has 0 saturated heterocycles. The molecule has 9 heavy (non-hydrogen) atoms. The van der Waals surface area contributed by atoms with Crippen LogP contribution in [-0.2, 0) is 0 Å². The van der Waals surface area contributed by atoms with Crippen molar-refractivity contribution in [3.05, 3.63) is 12.0 Å². The van der Waals surface area contributed by atoms with Gasteiger partial charge in [0.05, 0.1) is 0 Å². The normalized spacial score (nSPS) is 12.6. The van der Waals surface area contributed by atoms with E-state index >= 15 is 0 Å². The predicted octanol–water partition coefficient (Wildman–Crippen LogP) is 1.78. The molecule has 0 heterocycles. The first kappa shape index (κ1) is 8.34. The van der Waals surface area contributed by atoms with Crippen LogP contribution in [0.5, 0.6) is 0 Å². The highest BCUT2D eigenvalue weighted by atomic mass is 16.3. The van der Waals surface area contributed by atoms with Crippen molar-refractivity contribution in [1.82, 2.24) is 0 Å². The number of nitrogens with two attached hydrogens (primary N) is 1. The zero-order valence-electron chi connectivity index (χ0n) is 6.09. The Balaban J connectivity index is 3.68. The number of aliphatic hydroxyl groups excluding tert-OH is 1.